The first-order chi connectivity index (χ1) is 8.12. The lowest BCUT2D eigenvalue weighted by Crippen LogP contribution is -2.32. The molecular formula is C10H15N3O2S2. The van der Waals surface area contributed by atoms with Crippen molar-refractivity contribution in [2.75, 3.05) is 16.8 Å². The van der Waals surface area contributed by atoms with Crippen molar-refractivity contribution in [2.24, 2.45) is 0 Å². The fourth-order valence-corrected chi connectivity index (χ4v) is 4.22. The molecule has 3 rings (SSSR count). The highest BCUT2D eigenvalue weighted by Gasteiger charge is 2.29. The van der Waals surface area contributed by atoms with Gasteiger partial charge in [-0.3, -0.25) is 0 Å². The molecule has 2 fully saturated rings. The minimum absolute atomic E-state index is 0.235. The van der Waals surface area contributed by atoms with Gasteiger partial charge in [-0.15, -0.1) is 0 Å². The van der Waals surface area contributed by atoms with E-state index in [1.165, 1.54) is 24.4 Å². The van der Waals surface area contributed by atoms with Crippen LogP contribution in [0.1, 0.15) is 37.4 Å². The molecule has 0 spiro atoms. The molecule has 1 aliphatic heterocycles. The number of aromatic nitrogens is 2. The van der Waals surface area contributed by atoms with Gasteiger partial charge in [-0.05, 0) is 25.7 Å². The molecular weight excluding hydrogens is 258 g/mol. The Morgan fingerprint density at radius 3 is 2.53 bits per heavy atom. The smallest absolute Gasteiger partial charge is 0.202 e. The van der Waals surface area contributed by atoms with Gasteiger partial charge in [0.2, 0.25) is 5.13 Å². The first-order valence-corrected chi connectivity index (χ1v) is 8.52. The molecule has 1 N–H and O–H groups in total. The maximum atomic E-state index is 11.3. The number of hydrogen-bond donors (Lipinski definition) is 1. The van der Waals surface area contributed by atoms with E-state index in [9.17, 15) is 8.42 Å². The second kappa shape index (κ2) is 4.20. The molecule has 1 aliphatic carbocycles. The minimum atomic E-state index is -2.78. The van der Waals surface area contributed by atoms with Crippen LogP contribution >= 0.6 is 11.5 Å². The van der Waals surface area contributed by atoms with Crippen molar-refractivity contribution in [1.29, 1.82) is 0 Å². The van der Waals surface area contributed by atoms with Crippen molar-refractivity contribution in [3.8, 4) is 0 Å². The van der Waals surface area contributed by atoms with Gasteiger partial charge in [0.05, 0.1) is 11.5 Å². The quantitative estimate of drug-likeness (QED) is 0.901. The SMILES string of the molecule is O=S1(=O)CCC(Nc2nc(C3CC3)ns2)CC1. The van der Waals surface area contributed by atoms with Gasteiger partial charge in [0.25, 0.3) is 0 Å². The molecule has 0 aromatic carbocycles. The van der Waals surface area contributed by atoms with Gasteiger partial charge in [0, 0.05) is 23.5 Å². The molecule has 5 nitrogen and oxygen atoms in total. The summed E-state index contributed by atoms with van der Waals surface area (Å²) in [6.45, 7) is 0. The average Bonchev–Trinajstić information content (AvgIpc) is 3.03. The monoisotopic (exact) mass is 273 g/mol. The van der Waals surface area contributed by atoms with E-state index >= 15 is 0 Å². The molecule has 17 heavy (non-hydrogen) atoms. The van der Waals surface area contributed by atoms with Crippen LogP contribution in [-0.2, 0) is 9.84 Å². The normalized spacial score (nSPS) is 24.7. The van der Waals surface area contributed by atoms with Crippen LogP contribution in [0.5, 0.6) is 0 Å². The van der Waals surface area contributed by atoms with Crippen LogP contribution in [0.2, 0.25) is 0 Å². The molecule has 1 aromatic heterocycles. The molecule has 0 bridgehead atoms. The van der Waals surface area contributed by atoms with Crippen LogP contribution in [0.25, 0.3) is 0 Å². The third-order valence-electron chi connectivity index (χ3n) is 3.27. The summed E-state index contributed by atoms with van der Waals surface area (Å²) in [4.78, 5) is 4.45. The summed E-state index contributed by atoms with van der Waals surface area (Å²) < 4.78 is 26.9. The van der Waals surface area contributed by atoms with Crippen molar-refractivity contribution < 1.29 is 8.42 Å². The third kappa shape index (κ3) is 2.77. The molecule has 1 saturated carbocycles. The minimum Gasteiger partial charge on any atom is -0.357 e. The van der Waals surface area contributed by atoms with Crippen LogP contribution in [0.3, 0.4) is 0 Å². The molecule has 0 unspecified atom stereocenters. The molecule has 1 aromatic rings. The molecule has 7 heteroatoms. The van der Waals surface area contributed by atoms with E-state index in [1.807, 2.05) is 0 Å². The zero-order valence-electron chi connectivity index (χ0n) is 9.42. The highest BCUT2D eigenvalue weighted by Crippen LogP contribution is 2.39. The first kappa shape index (κ1) is 11.4. The molecule has 0 amide bonds. The summed E-state index contributed by atoms with van der Waals surface area (Å²) in [5.74, 6) is 2.12. The Labute approximate surface area is 105 Å². The van der Waals surface area contributed by atoms with Gasteiger partial charge < -0.3 is 5.32 Å². The molecule has 94 valence electrons. The van der Waals surface area contributed by atoms with Crippen LogP contribution in [0, 0.1) is 0 Å². The summed E-state index contributed by atoms with van der Waals surface area (Å²) >= 11 is 1.39. The number of rotatable bonds is 3. The Bertz CT molecular complexity index is 493. The number of anilines is 1. The summed E-state index contributed by atoms with van der Waals surface area (Å²) in [6, 6.07) is 0.235. The van der Waals surface area contributed by atoms with E-state index < -0.39 is 9.84 Å². The Balaban J connectivity index is 1.59. The van der Waals surface area contributed by atoms with Crippen LogP contribution in [0.15, 0.2) is 0 Å². The molecule has 2 heterocycles. The first-order valence-electron chi connectivity index (χ1n) is 5.93. The summed E-state index contributed by atoms with van der Waals surface area (Å²) in [7, 11) is -2.78. The van der Waals surface area contributed by atoms with Gasteiger partial charge in [-0.25, -0.2) is 13.4 Å². The predicted molar refractivity (Wildman–Crippen MR) is 67.2 cm³/mol. The maximum absolute atomic E-state index is 11.3. The predicted octanol–water partition coefficient (Wildman–Crippen LogP) is 1.40. The van der Waals surface area contributed by atoms with Crippen molar-refractivity contribution in [2.45, 2.75) is 37.6 Å². The lowest BCUT2D eigenvalue weighted by molar-refractivity contribution is 0.559. The fraction of sp³-hybridized carbons (Fsp3) is 0.800. The van der Waals surface area contributed by atoms with Crippen LogP contribution in [-0.4, -0.2) is 35.3 Å². The Hall–Kier alpha value is -0.690. The molecule has 1 saturated heterocycles. The van der Waals surface area contributed by atoms with Gasteiger partial charge in [0.1, 0.15) is 15.7 Å². The summed E-state index contributed by atoms with van der Waals surface area (Å²) in [6.07, 6.45) is 3.77. The van der Waals surface area contributed by atoms with E-state index in [2.05, 4.69) is 14.7 Å². The van der Waals surface area contributed by atoms with Crippen molar-refractivity contribution in [1.82, 2.24) is 9.36 Å². The van der Waals surface area contributed by atoms with E-state index in [4.69, 9.17) is 0 Å². The van der Waals surface area contributed by atoms with Gasteiger partial charge >= 0.3 is 0 Å². The third-order valence-corrected chi connectivity index (χ3v) is 5.64. The largest absolute Gasteiger partial charge is 0.357 e. The van der Waals surface area contributed by atoms with Gasteiger partial charge in [0.15, 0.2) is 0 Å². The average molecular weight is 273 g/mol. The van der Waals surface area contributed by atoms with Crippen LogP contribution < -0.4 is 5.32 Å². The lowest BCUT2D eigenvalue weighted by Gasteiger charge is -2.22. The summed E-state index contributed by atoms with van der Waals surface area (Å²) in [5, 5.41) is 4.15. The molecule has 0 atom stereocenters. The Kier molecular flexibility index (Phi) is 2.82. The van der Waals surface area contributed by atoms with Crippen LogP contribution in [0.4, 0.5) is 5.13 Å². The molecule has 0 radical (unpaired) electrons. The lowest BCUT2D eigenvalue weighted by atomic mass is 10.2. The van der Waals surface area contributed by atoms with Crippen molar-refractivity contribution >= 4 is 26.5 Å². The Morgan fingerprint density at radius 1 is 1.18 bits per heavy atom. The Morgan fingerprint density at radius 2 is 1.88 bits per heavy atom. The van der Waals surface area contributed by atoms with E-state index in [1.54, 1.807) is 0 Å². The highest BCUT2D eigenvalue weighted by molar-refractivity contribution is 7.91. The van der Waals surface area contributed by atoms with Gasteiger partial charge in [-0.2, -0.15) is 4.37 Å². The summed E-state index contributed by atoms with van der Waals surface area (Å²) in [5.41, 5.74) is 0. The van der Waals surface area contributed by atoms with Gasteiger partial charge in [-0.1, -0.05) is 0 Å². The fourth-order valence-electron chi connectivity index (χ4n) is 2.01. The van der Waals surface area contributed by atoms with Crippen molar-refractivity contribution in [3.63, 3.8) is 0 Å². The standard InChI is InChI=1S/C10H15N3O2S2/c14-17(15)5-3-8(4-6-17)11-10-12-9(13-16-10)7-1-2-7/h7-8H,1-6H2,(H,11,12,13). The van der Waals surface area contributed by atoms with E-state index in [0.717, 1.165) is 11.0 Å². The second-order valence-electron chi connectivity index (χ2n) is 4.80. The molecule has 2 aliphatic rings. The zero-order chi connectivity index (χ0) is 11.9. The topological polar surface area (TPSA) is 72.0 Å². The maximum Gasteiger partial charge on any atom is 0.202 e. The number of nitrogens with zero attached hydrogens (tertiary/aromatic N) is 2. The number of sulfone groups is 1. The highest BCUT2D eigenvalue weighted by atomic mass is 32.2. The van der Waals surface area contributed by atoms with E-state index in [0.29, 0.717) is 30.3 Å². The van der Waals surface area contributed by atoms with Crippen molar-refractivity contribution in [3.05, 3.63) is 5.82 Å². The number of hydrogen-bond acceptors (Lipinski definition) is 6. The van der Waals surface area contributed by atoms with E-state index in [-0.39, 0.29) is 6.04 Å². The second-order valence-corrected chi connectivity index (χ2v) is 7.86. The zero-order valence-corrected chi connectivity index (χ0v) is 11.1. The number of nitrogens with one attached hydrogen (secondary N) is 1.